The van der Waals surface area contributed by atoms with E-state index in [0.717, 1.165) is 19.5 Å². The van der Waals surface area contributed by atoms with E-state index in [4.69, 9.17) is 14.8 Å². The Kier molecular flexibility index (Phi) is 6.54. The number of imide groups is 1. The molecular weight excluding hydrogens is 504 g/mol. The minimum absolute atomic E-state index is 0.0344. The molecule has 2 aromatic carbocycles. The van der Waals surface area contributed by atoms with E-state index in [2.05, 4.69) is 15.6 Å². The van der Waals surface area contributed by atoms with E-state index in [1.54, 1.807) is 35.0 Å². The summed E-state index contributed by atoms with van der Waals surface area (Å²) in [7, 11) is 0. The Bertz CT molecular complexity index is 1740. The molecule has 3 aromatic heterocycles. The number of aromatic nitrogens is 6. The third-order valence-electron chi connectivity index (χ3n) is 5.73. The molecule has 0 saturated carbocycles. The minimum Gasteiger partial charge on any atom is -0.459 e. The van der Waals surface area contributed by atoms with E-state index in [9.17, 15) is 19.2 Å². The fourth-order valence-corrected chi connectivity index (χ4v) is 4.04. The molecule has 196 valence electrons. The van der Waals surface area contributed by atoms with Gasteiger partial charge in [-0.05, 0) is 30.3 Å². The Morgan fingerprint density at radius 1 is 0.923 bits per heavy atom. The molecule has 5 aromatic rings. The molecular formula is C26H22N8O5. The van der Waals surface area contributed by atoms with Gasteiger partial charge in [-0.3, -0.25) is 29.0 Å². The molecule has 39 heavy (non-hydrogen) atoms. The fourth-order valence-electron chi connectivity index (χ4n) is 4.04. The zero-order valence-corrected chi connectivity index (χ0v) is 21.2. The second kappa shape index (κ2) is 10.1. The van der Waals surface area contributed by atoms with Gasteiger partial charge in [0.2, 0.25) is 17.6 Å². The van der Waals surface area contributed by atoms with Gasteiger partial charge in [0, 0.05) is 20.8 Å². The maximum atomic E-state index is 13.2. The number of hydrogen-bond donors (Lipinski definition) is 1. The molecule has 0 aliphatic heterocycles. The summed E-state index contributed by atoms with van der Waals surface area (Å²) in [4.78, 5) is 53.1. The molecule has 3 amide bonds. The van der Waals surface area contributed by atoms with Gasteiger partial charge in [-0.15, -0.1) is 10.2 Å². The Hall–Kier alpha value is -5.46. The topological polar surface area (TPSA) is 154 Å². The van der Waals surface area contributed by atoms with Gasteiger partial charge in [0.15, 0.2) is 5.65 Å². The monoisotopic (exact) mass is 526 g/mol. The van der Waals surface area contributed by atoms with Crippen LogP contribution in [0.2, 0.25) is 0 Å². The second-order valence-electron chi connectivity index (χ2n) is 8.49. The summed E-state index contributed by atoms with van der Waals surface area (Å²) < 4.78 is 8.36. The lowest BCUT2D eigenvalue weighted by Gasteiger charge is -2.17. The summed E-state index contributed by atoms with van der Waals surface area (Å²) in [5.41, 5.74) is 5.55. The number of hydrogen-bond acceptors (Lipinski definition) is 9. The highest BCUT2D eigenvalue weighted by Crippen LogP contribution is 2.28. The molecule has 0 unspecified atom stereocenters. The quantitative estimate of drug-likeness (QED) is 0.268. The second-order valence-corrected chi connectivity index (χ2v) is 8.49. The first-order valence-electron chi connectivity index (χ1n) is 11.8. The number of benzene rings is 2. The number of hydrazine groups is 1. The molecule has 0 radical (unpaired) electrons. The van der Waals surface area contributed by atoms with Gasteiger partial charge >= 0.3 is 11.9 Å². The maximum absolute atomic E-state index is 13.2. The van der Waals surface area contributed by atoms with Crippen molar-refractivity contribution in [2.45, 2.75) is 27.4 Å². The predicted molar refractivity (Wildman–Crippen MR) is 137 cm³/mol. The molecule has 0 saturated heterocycles. The van der Waals surface area contributed by atoms with Crippen molar-refractivity contribution in [1.82, 2.24) is 39.8 Å². The molecule has 1 N–H and O–H groups in total. The first kappa shape index (κ1) is 25.2. The van der Waals surface area contributed by atoms with Crippen LogP contribution < -0.4 is 5.43 Å². The summed E-state index contributed by atoms with van der Waals surface area (Å²) in [6.07, 6.45) is 0. The van der Waals surface area contributed by atoms with E-state index in [0.29, 0.717) is 33.1 Å². The summed E-state index contributed by atoms with van der Waals surface area (Å²) in [5.74, 6) is -2.75. The molecule has 0 atom stereocenters. The number of nitrogens with zero attached hydrogens (tertiary/aromatic N) is 7. The first-order valence-corrected chi connectivity index (χ1v) is 11.8. The van der Waals surface area contributed by atoms with Crippen LogP contribution in [0.3, 0.4) is 0 Å². The van der Waals surface area contributed by atoms with E-state index in [-0.39, 0.29) is 18.1 Å². The van der Waals surface area contributed by atoms with Crippen molar-refractivity contribution in [2.24, 2.45) is 0 Å². The van der Waals surface area contributed by atoms with Crippen LogP contribution >= 0.6 is 0 Å². The lowest BCUT2D eigenvalue weighted by atomic mass is 10.2. The summed E-state index contributed by atoms with van der Waals surface area (Å²) >= 11 is 0. The zero-order valence-electron chi connectivity index (χ0n) is 21.2. The van der Waals surface area contributed by atoms with Crippen molar-refractivity contribution in [2.75, 3.05) is 0 Å². The van der Waals surface area contributed by atoms with E-state index >= 15 is 0 Å². The smallest absolute Gasteiger partial charge is 0.308 e. The van der Waals surface area contributed by atoms with Crippen LogP contribution in [0.1, 0.15) is 37.1 Å². The molecule has 13 nitrogen and oxygen atoms in total. The van der Waals surface area contributed by atoms with E-state index in [1.807, 2.05) is 30.3 Å². The van der Waals surface area contributed by atoms with Crippen LogP contribution in [0.5, 0.6) is 0 Å². The molecule has 13 heteroatoms. The number of carbonyl (C=O) groups excluding carboxylic acids is 4. The Labute approximate surface area is 221 Å². The van der Waals surface area contributed by atoms with Gasteiger partial charge in [0.05, 0.1) is 22.4 Å². The Balaban J connectivity index is 1.69. The number of para-hydroxylation sites is 3. The minimum atomic E-state index is -0.819. The maximum Gasteiger partial charge on any atom is 0.308 e. The third kappa shape index (κ3) is 4.80. The Morgan fingerprint density at radius 2 is 1.62 bits per heavy atom. The van der Waals surface area contributed by atoms with Crippen molar-refractivity contribution in [3.05, 3.63) is 72.2 Å². The normalized spacial score (nSPS) is 10.9. The highest BCUT2D eigenvalue weighted by atomic mass is 16.5. The zero-order chi connectivity index (χ0) is 27.7. The standard InChI is InChI=1S/C26H22N8O5/c1-15(35)33(16(2)36)31-26(38)25-29-28-24-23(27-20-11-7-8-12-22(20)32(24)25)21-13-19(14-39-17(3)37)34(30-21)18-9-5-4-6-10-18/h4-13H,14H2,1-3H3,(H,31,38). The van der Waals surface area contributed by atoms with Crippen molar-refractivity contribution >= 4 is 40.4 Å². The number of amides is 3. The molecule has 0 fully saturated rings. The van der Waals surface area contributed by atoms with Crippen molar-refractivity contribution < 1.29 is 23.9 Å². The number of ether oxygens (including phenoxy) is 1. The molecule has 3 heterocycles. The largest absolute Gasteiger partial charge is 0.459 e. The third-order valence-corrected chi connectivity index (χ3v) is 5.73. The van der Waals surface area contributed by atoms with Crippen LogP contribution in [0.4, 0.5) is 0 Å². The predicted octanol–water partition coefficient (Wildman–Crippen LogP) is 2.23. The number of rotatable bonds is 5. The number of esters is 1. The first-order chi connectivity index (χ1) is 18.7. The SMILES string of the molecule is CC(=O)OCc1cc(-c2nc3ccccc3n3c(C(=O)NN(C(C)=O)C(C)=O)nnc23)nn1-c1ccccc1. The van der Waals surface area contributed by atoms with Crippen LogP contribution in [0, 0.1) is 0 Å². The number of fused-ring (bicyclic) bond motifs is 3. The average Bonchev–Trinajstić information content (AvgIpc) is 3.55. The summed E-state index contributed by atoms with van der Waals surface area (Å²) in [6.45, 7) is 3.59. The van der Waals surface area contributed by atoms with Crippen LogP contribution in [-0.2, 0) is 25.7 Å². The number of carbonyl (C=O) groups is 4. The van der Waals surface area contributed by atoms with Gasteiger partial charge in [0.25, 0.3) is 0 Å². The van der Waals surface area contributed by atoms with Crippen molar-refractivity contribution in [3.8, 4) is 17.1 Å². The fraction of sp³-hybridized carbons (Fsp3) is 0.154. The van der Waals surface area contributed by atoms with Gasteiger partial charge in [-0.25, -0.2) is 9.67 Å². The highest BCUT2D eigenvalue weighted by Gasteiger charge is 2.26. The van der Waals surface area contributed by atoms with Crippen LogP contribution in [0.15, 0.2) is 60.7 Å². The van der Waals surface area contributed by atoms with Crippen LogP contribution in [0.25, 0.3) is 33.8 Å². The highest BCUT2D eigenvalue weighted by molar-refractivity contribution is 6.00. The van der Waals surface area contributed by atoms with E-state index in [1.165, 1.54) is 11.3 Å². The van der Waals surface area contributed by atoms with E-state index < -0.39 is 23.7 Å². The molecule has 5 rings (SSSR count). The molecule has 0 spiro atoms. The average molecular weight is 527 g/mol. The van der Waals surface area contributed by atoms with Gasteiger partial charge in [-0.1, -0.05) is 30.3 Å². The molecule has 0 aliphatic rings. The summed E-state index contributed by atoms with van der Waals surface area (Å²) in [6, 6.07) is 18.1. The van der Waals surface area contributed by atoms with Crippen molar-refractivity contribution in [3.63, 3.8) is 0 Å². The Morgan fingerprint density at radius 3 is 2.31 bits per heavy atom. The van der Waals surface area contributed by atoms with Gasteiger partial charge in [0.1, 0.15) is 18.0 Å². The van der Waals surface area contributed by atoms with Gasteiger partial charge in [-0.2, -0.15) is 10.1 Å². The summed E-state index contributed by atoms with van der Waals surface area (Å²) in [5, 5.41) is 13.6. The molecule has 0 aliphatic carbocycles. The van der Waals surface area contributed by atoms with Gasteiger partial charge < -0.3 is 4.74 Å². The lowest BCUT2D eigenvalue weighted by molar-refractivity contribution is -0.145. The molecule has 0 bridgehead atoms. The van der Waals surface area contributed by atoms with Crippen LogP contribution in [-0.4, -0.2) is 58.1 Å². The number of nitrogens with one attached hydrogen (secondary N) is 1. The lowest BCUT2D eigenvalue weighted by Crippen LogP contribution is -2.48. The van der Waals surface area contributed by atoms with Crippen molar-refractivity contribution in [1.29, 1.82) is 0 Å².